The summed E-state index contributed by atoms with van der Waals surface area (Å²) in [5.74, 6) is 0.723. The second-order valence-corrected chi connectivity index (χ2v) is 7.52. The first-order valence-corrected chi connectivity index (χ1v) is 9.73. The maximum Gasteiger partial charge on any atom is 0.223 e. The highest BCUT2D eigenvalue weighted by molar-refractivity contribution is 5.77. The Morgan fingerprint density at radius 1 is 1.15 bits per heavy atom. The molecular formula is C22H27N3O. The third kappa shape index (κ3) is 3.46. The molecule has 1 saturated heterocycles. The van der Waals surface area contributed by atoms with Gasteiger partial charge >= 0.3 is 0 Å². The van der Waals surface area contributed by atoms with E-state index in [0.29, 0.717) is 18.2 Å². The van der Waals surface area contributed by atoms with Crippen LogP contribution in [0.2, 0.25) is 0 Å². The summed E-state index contributed by atoms with van der Waals surface area (Å²) in [5.41, 5.74) is 5.28. The highest BCUT2D eigenvalue weighted by Crippen LogP contribution is 2.35. The quantitative estimate of drug-likeness (QED) is 0.850. The number of amides is 1. The zero-order chi connectivity index (χ0) is 17.9. The van der Waals surface area contributed by atoms with E-state index in [-0.39, 0.29) is 0 Å². The Kier molecular flexibility index (Phi) is 4.91. The lowest BCUT2D eigenvalue weighted by atomic mass is 9.97. The number of pyridine rings is 1. The van der Waals surface area contributed by atoms with Crippen LogP contribution in [0.5, 0.6) is 0 Å². The molecule has 1 aromatic carbocycles. The molecule has 1 aromatic heterocycles. The van der Waals surface area contributed by atoms with Crippen LogP contribution in [0.4, 0.5) is 5.69 Å². The second-order valence-electron chi connectivity index (χ2n) is 7.52. The topological polar surface area (TPSA) is 36.4 Å². The zero-order valence-corrected chi connectivity index (χ0v) is 15.5. The molecular weight excluding hydrogens is 322 g/mol. The van der Waals surface area contributed by atoms with Gasteiger partial charge in [-0.2, -0.15) is 0 Å². The van der Waals surface area contributed by atoms with Crippen LogP contribution >= 0.6 is 0 Å². The number of aromatic nitrogens is 1. The number of carbonyl (C=O) groups is 1. The van der Waals surface area contributed by atoms with Crippen molar-refractivity contribution in [1.29, 1.82) is 0 Å². The predicted molar refractivity (Wildman–Crippen MR) is 105 cm³/mol. The van der Waals surface area contributed by atoms with E-state index < -0.39 is 0 Å². The molecule has 4 heteroatoms. The van der Waals surface area contributed by atoms with Crippen LogP contribution in [0.15, 0.2) is 42.7 Å². The standard InChI is InChI=1S/C22H27N3O/c1-17-16-23-10-9-21(17)24-11-4-12-25(14-13-24)22(26)15-19-8-7-18-5-2-3-6-20(18)19/h2-3,5-6,9-10,16,19H,4,7-8,11-15H2,1H3/t19-/m1/s1. The fourth-order valence-corrected chi connectivity index (χ4v) is 4.43. The Morgan fingerprint density at radius 3 is 2.92 bits per heavy atom. The van der Waals surface area contributed by atoms with Crippen LogP contribution in [0.25, 0.3) is 0 Å². The van der Waals surface area contributed by atoms with Gasteiger partial charge < -0.3 is 9.80 Å². The van der Waals surface area contributed by atoms with E-state index in [4.69, 9.17) is 0 Å². The molecule has 0 N–H and O–H groups in total. The number of carbonyl (C=O) groups excluding carboxylic acids is 1. The number of rotatable bonds is 3. The molecule has 136 valence electrons. The van der Waals surface area contributed by atoms with Crippen molar-refractivity contribution in [3.8, 4) is 0 Å². The minimum absolute atomic E-state index is 0.319. The van der Waals surface area contributed by atoms with Crippen LogP contribution in [-0.2, 0) is 11.2 Å². The van der Waals surface area contributed by atoms with Crippen molar-refractivity contribution in [2.24, 2.45) is 0 Å². The summed E-state index contributed by atoms with van der Waals surface area (Å²) in [7, 11) is 0. The summed E-state index contributed by atoms with van der Waals surface area (Å²) >= 11 is 0. The van der Waals surface area contributed by atoms with E-state index in [2.05, 4.69) is 52.0 Å². The highest BCUT2D eigenvalue weighted by Gasteiger charge is 2.27. The van der Waals surface area contributed by atoms with Gasteiger partial charge in [-0.05, 0) is 54.9 Å². The molecule has 0 spiro atoms. The lowest BCUT2D eigenvalue weighted by Gasteiger charge is -2.25. The number of aryl methyl sites for hydroxylation is 2. The Labute approximate surface area is 155 Å². The van der Waals surface area contributed by atoms with Crippen molar-refractivity contribution < 1.29 is 4.79 Å². The normalized spacial score (nSPS) is 20.0. The van der Waals surface area contributed by atoms with Crippen LogP contribution in [0.3, 0.4) is 0 Å². The van der Waals surface area contributed by atoms with Crippen LogP contribution in [0.1, 0.15) is 41.9 Å². The number of hydrogen-bond acceptors (Lipinski definition) is 3. The first-order valence-electron chi connectivity index (χ1n) is 9.73. The molecule has 4 nitrogen and oxygen atoms in total. The van der Waals surface area contributed by atoms with E-state index in [1.807, 2.05) is 12.4 Å². The monoisotopic (exact) mass is 349 g/mol. The molecule has 1 atom stereocenters. The van der Waals surface area contributed by atoms with Crippen molar-refractivity contribution in [2.45, 2.75) is 38.5 Å². The third-order valence-electron chi connectivity index (χ3n) is 5.86. The summed E-state index contributed by atoms with van der Waals surface area (Å²) in [6.07, 6.45) is 7.68. The molecule has 1 amide bonds. The van der Waals surface area contributed by atoms with E-state index in [1.165, 1.54) is 22.4 Å². The lowest BCUT2D eigenvalue weighted by Crippen LogP contribution is -2.35. The number of fused-ring (bicyclic) bond motifs is 1. The van der Waals surface area contributed by atoms with Crippen LogP contribution in [0, 0.1) is 6.92 Å². The third-order valence-corrected chi connectivity index (χ3v) is 5.86. The molecule has 4 rings (SSSR count). The van der Waals surface area contributed by atoms with Gasteiger partial charge in [0, 0.05) is 50.7 Å². The van der Waals surface area contributed by atoms with Crippen molar-refractivity contribution >= 4 is 11.6 Å². The first-order chi connectivity index (χ1) is 12.7. The van der Waals surface area contributed by atoms with Crippen molar-refractivity contribution in [1.82, 2.24) is 9.88 Å². The Hall–Kier alpha value is -2.36. The van der Waals surface area contributed by atoms with Gasteiger partial charge in [-0.25, -0.2) is 0 Å². The summed E-state index contributed by atoms with van der Waals surface area (Å²) in [5, 5.41) is 0. The fraction of sp³-hybridized carbons (Fsp3) is 0.455. The smallest absolute Gasteiger partial charge is 0.223 e. The molecule has 0 unspecified atom stereocenters. The van der Waals surface area contributed by atoms with E-state index >= 15 is 0 Å². The van der Waals surface area contributed by atoms with Gasteiger partial charge in [0.25, 0.3) is 0 Å². The van der Waals surface area contributed by atoms with Gasteiger partial charge in [0.05, 0.1) is 0 Å². The van der Waals surface area contributed by atoms with E-state index in [0.717, 1.165) is 45.4 Å². The van der Waals surface area contributed by atoms with Gasteiger partial charge in [-0.15, -0.1) is 0 Å². The maximum atomic E-state index is 12.9. The summed E-state index contributed by atoms with van der Waals surface area (Å²) in [6.45, 7) is 5.69. The SMILES string of the molecule is Cc1cnccc1N1CCCN(C(=O)C[C@H]2CCc3ccccc32)CC1. The van der Waals surface area contributed by atoms with E-state index in [9.17, 15) is 4.79 Å². The Balaban J connectivity index is 1.39. The molecule has 0 bridgehead atoms. The number of benzene rings is 1. The average molecular weight is 349 g/mol. The molecule has 2 heterocycles. The van der Waals surface area contributed by atoms with Gasteiger partial charge in [-0.3, -0.25) is 9.78 Å². The van der Waals surface area contributed by atoms with Gasteiger partial charge in [0.1, 0.15) is 0 Å². The average Bonchev–Trinajstić information content (AvgIpc) is 2.90. The maximum absolute atomic E-state index is 12.9. The molecule has 0 saturated carbocycles. The lowest BCUT2D eigenvalue weighted by molar-refractivity contribution is -0.131. The molecule has 26 heavy (non-hydrogen) atoms. The Bertz CT molecular complexity index is 788. The highest BCUT2D eigenvalue weighted by atomic mass is 16.2. The van der Waals surface area contributed by atoms with Crippen molar-refractivity contribution in [2.75, 3.05) is 31.1 Å². The van der Waals surface area contributed by atoms with Gasteiger partial charge in [0.15, 0.2) is 0 Å². The van der Waals surface area contributed by atoms with E-state index in [1.54, 1.807) is 0 Å². The largest absolute Gasteiger partial charge is 0.369 e. The van der Waals surface area contributed by atoms with Crippen LogP contribution in [-0.4, -0.2) is 42.0 Å². The van der Waals surface area contributed by atoms with Gasteiger partial charge in [-0.1, -0.05) is 24.3 Å². The molecule has 2 aromatic rings. The number of anilines is 1. The molecule has 2 aliphatic rings. The minimum Gasteiger partial charge on any atom is -0.369 e. The van der Waals surface area contributed by atoms with Gasteiger partial charge in [0.2, 0.25) is 5.91 Å². The first kappa shape index (κ1) is 17.1. The second kappa shape index (κ2) is 7.48. The summed E-state index contributed by atoms with van der Waals surface area (Å²) in [6, 6.07) is 10.7. The number of nitrogens with zero attached hydrogens (tertiary/aromatic N) is 3. The molecule has 1 aliphatic heterocycles. The molecule has 1 fully saturated rings. The zero-order valence-electron chi connectivity index (χ0n) is 15.5. The Morgan fingerprint density at radius 2 is 2.04 bits per heavy atom. The molecule has 0 radical (unpaired) electrons. The molecule has 1 aliphatic carbocycles. The number of hydrogen-bond donors (Lipinski definition) is 0. The minimum atomic E-state index is 0.319. The van der Waals surface area contributed by atoms with Crippen LogP contribution < -0.4 is 4.90 Å². The van der Waals surface area contributed by atoms with Crippen molar-refractivity contribution in [3.63, 3.8) is 0 Å². The fourth-order valence-electron chi connectivity index (χ4n) is 4.43. The van der Waals surface area contributed by atoms with Crippen molar-refractivity contribution in [3.05, 3.63) is 59.4 Å². The summed E-state index contributed by atoms with van der Waals surface area (Å²) < 4.78 is 0. The predicted octanol–water partition coefficient (Wildman–Crippen LogP) is 3.55. The summed E-state index contributed by atoms with van der Waals surface area (Å²) in [4.78, 5) is 21.6.